The number of hydrogen-bond acceptors (Lipinski definition) is 20. The molecule has 119 heavy (non-hydrogen) atoms. The Hall–Kier alpha value is -13.9. The molecule has 27 heteroatoms. The summed E-state index contributed by atoms with van der Waals surface area (Å²) in [6.07, 6.45) is 17.6. The number of aryl methyl sites for hydroxylation is 1. The van der Waals surface area contributed by atoms with Gasteiger partial charge in [-0.15, -0.1) is 64.6 Å². The number of guanidine groups is 5. The number of amides is 5. The van der Waals surface area contributed by atoms with Crippen molar-refractivity contribution in [2.75, 3.05) is 35.2 Å². The number of benzene rings is 5. The zero-order chi connectivity index (χ0) is 86.0. The number of nitrogens with zero attached hydrogens (tertiary/aromatic N) is 14. The fraction of sp³-hybridized carbons (Fsp3) is 0.261. The Balaban J connectivity index is 0.000000146. The molecule has 0 aliphatic carbocycles. The van der Waals surface area contributed by atoms with E-state index in [1.165, 1.54) is 24.5 Å². The number of carbonyl (C=O) groups excluding carboxylic acids is 5. The van der Waals surface area contributed by atoms with Crippen LogP contribution >= 0.6 is 34.0 Å². The van der Waals surface area contributed by atoms with E-state index in [1.807, 2.05) is 177 Å². The Labute approximate surface area is 706 Å². The lowest BCUT2D eigenvalue weighted by molar-refractivity contribution is -0.132. The number of nitrogens with two attached hydrogens (primary N) is 5. The van der Waals surface area contributed by atoms with Crippen molar-refractivity contribution in [2.24, 2.45) is 59.5 Å². The van der Waals surface area contributed by atoms with Gasteiger partial charge < -0.3 is 28.7 Å². The van der Waals surface area contributed by atoms with Crippen LogP contribution in [-0.4, -0.2) is 139 Å². The summed E-state index contributed by atoms with van der Waals surface area (Å²) in [7, 11) is 8.22. The maximum Gasteiger partial charge on any atom is 0.234 e. The molecule has 0 saturated heterocycles. The van der Waals surface area contributed by atoms with Crippen LogP contribution in [-0.2, 0) is 46.1 Å². The quantitative estimate of drug-likeness (QED) is 0.0798. The molecule has 10 N–H and O–H groups in total. The third-order valence-corrected chi connectivity index (χ3v) is 24.3. The predicted molar refractivity (Wildman–Crippen MR) is 476 cm³/mol. The molecule has 10 heterocycles. The highest BCUT2D eigenvalue weighted by atomic mass is 32.1. The Morgan fingerprint density at radius 1 is 0.437 bits per heavy atom. The van der Waals surface area contributed by atoms with Crippen LogP contribution in [0, 0.1) is 73.1 Å². The number of terminal acetylenes is 2. The minimum atomic E-state index is -0.711. The van der Waals surface area contributed by atoms with E-state index in [1.54, 1.807) is 91.7 Å². The number of carbonyl (C=O) groups is 5. The lowest BCUT2D eigenvalue weighted by Crippen LogP contribution is -2.47. The second-order valence-corrected chi connectivity index (χ2v) is 32.5. The summed E-state index contributed by atoms with van der Waals surface area (Å²) in [4.78, 5) is 93.5. The Bertz CT molecular complexity index is 5940. The van der Waals surface area contributed by atoms with E-state index in [0.29, 0.717) is 12.8 Å². The standard InChI is InChI=1S/C19H21N5O.C19H19N3OS.C18H19N5O.2C18H17N3OS/c1-5-7-14-8-6-9-15(10-14)24-12-16(13(2)22-24)19(3)11-17(25)23(4)18(20)21-19;1-4-6-13-7-5-8-14(9-13)15-10-16(24-11-15)17-12(2)18(23)22(3)19(20)21-17;1-4-6-13-7-5-8-15(9-13)23-12-14(11-20-23)18(2)10-16(24)22(3)17(19)21-18;2*1-4-12-6-5-7-13(8-12)14-9-15(23-11-14)18(2)10-16(22)21(3)17(19)20-18/h6,8-10,12H,11H2,1-4H3,(H2,20,21);5,7-12,17H,1-3H3,(H2,20,21);5,7-9,11-12H,10H2,1-3H3,(H2,19,21);2*1,5-9,11H,10H2,2-3H3,(H2,19,20)/t19-;12-,17+;3*18-/m01000/s1. The molecule has 0 saturated carbocycles. The molecule has 0 radical (unpaired) electrons. The van der Waals surface area contributed by atoms with Gasteiger partial charge in [0.1, 0.15) is 11.1 Å². The first-order chi connectivity index (χ1) is 56.6. The summed E-state index contributed by atoms with van der Waals surface area (Å²) in [5, 5.41) is 15.2. The smallest absolute Gasteiger partial charge is 0.234 e. The minimum absolute atomic E-state index is 0.00247. The number of rotatable bonds is 10. The third kappa shape index (κ3) is 19.3. The molecule has 24 nitrogen and oxygen atoms in total. The summed E-state index contributed by atoms with van der Waals surface area (Å²) in [6.45, 7) is 17.0. The molecule has 10 aromatic rings. The normalized spacial score (nSPS) is 20.6. The van der Waals surface area contributed by atoms with Gasteiger partial charge in [0, 0.05) is 101 Å². The van der Waals surface area contributed by atoms with E-state index in [9.17, 15) is 24.0 Å². The van der Waals surface area contributed by atoms with Crippen molar-refractivity contribution >= 4 is 93.3 Å². The fourth-order valence-corrected chi connectivity index (χ4v) is 16.9. The van der Waals surface area contributed by atoms with E-state index >= 15 is 0 Å². The summed E-state index contributed by atoms with van der Waals surface area (Å²) in [5.74, 6) is 24.0. The lowest BCUT2D eigenvalue weighted by atomic mass is 9.88. The Morgan fingerprint density at radius 3 is 1.26 bits per heavy atom. The monoisotopic (exact) mass is 1640 g/mol. The molecule has 0 spiro atoms. The first kappa shape index (κ1) is 86.0. The molecule has 5 aliphatic rings. The van der Waals surface area contributed by atoms with Crippen LogP contribution in [0.4, 0.5) is 0 Å². The van der Waals surface area contributed by atoms with E-state index in [0.717, 1.165) is 104 Å². The molecule has 6 atom stereocenters. The van der Waals surface area contributed by atoms with Crippen LogP contribution in [0.5, 0.6) is 0 Å². The van der Waals surface area contributed by atoms with Crippen molar-refractivity contribution in [3.63, 3.8) is 0 Å². The van der Waals surface area contributed by atoms with Gasteiger partial charge in [-0.3, -0.25) is 48.5 Å². The zero-order valence-corrected chi connectivity index (χ0v) is 71.2. The molecule has 0 fully saturated rings. The van der Waals surface area contributed by atoms with Gasteiger partial charge in [-0.1, -0.05) is 85.1 Å². The van der Waals surface area contributed by atoms with Gasteiger partial charge in [0.25, 0.3) is 0 Å². The zero-order valence-electron chi connectivity index (χ0n) is 68.8. The summed E-state index contributed by atoms with van der Waals surface area (Å²) in [5.41, 5.74) is 42.2. The topological polar surface area (TPSA) is 329 Å². The van der Waals surface area contributed by atoms with Crippen molar-refractivity contribution in [2.45, 2.75) is 116 Å². The van der Waals surface area contributed by atoms with Gasteiger partial charge in [0.05, 0.1) is 72.0 Å². The molecular weight excluding hydrogens is 1550 g/mol. The highest BCUT2D eigenvalue weighted by Crippen LogP contribution is 2.43. The second-order valence-electron chi connectivity index (χ2n) is 29.8. The molecule has 5 amide bonds. The summed E-state index contributed by atoms with van der Waals surface area (Å²) < 4.78 is 3.56. The van der Waals surface area contributed by atoms with E-state index in [-0.39, 0.29) is 84.1 Å². The molecule has 0 bridgehead atoms. The van der Waals surface area contributed by atoms with Crippen LogP contribution < -0.4 is 28.7 Å². The number of hydrogen-bond donors (Lipinski definition) is 5. The average molecular weight is 1640 g/mol. The van der Waals surface area contributed by atoms with Crippen molar-refractivity contribution in [1.29, 1.82) is 0 Å². The molecule has 5 aromatic carbocycles. The van der Waals surface area contributed by atoms with Crippen LogP contribution in [0.3, 0.4) is 0 Å². The van der Waals surface area contributed by atoms with Crippen molar-refractivity contribution in [3.05, 3.63) is 234 Å². The van der Waals surface area contributed by atoms with E-state index in [4.69, 9.17) is 41.5 Å². The van der Waals surface area contributed by atoms with Crippen LogP contribution in [0.15, 0.2) is 199 Å². The average Bonchev–Trinajstić information content (AvgIpc) is 1.63. The number of thiophene rings is 3. The molecule has 5 aromatic heterocycles. The molecular formula is C92H93N19O5S3. The third-order valence-electron chi connectivity index (χ3n) is 20.9. The highest BCUT2D eigenvalue weighted by Gasteiger charge is 2.42. The van der Waals surface area contributed by atoms with Gasteiger partial charge in [0.15, 0.2) is 29.8 Å². The van der Waals surface area contributed by atoms with Crippen LogP contribution in [0.2, 0.25) is 0 Å². The first-order valence-electron chi connectivity index (χ1n) is 37.8. The largest absolute Gasteiger partial charge is 0.369 e. The van der Waals surface area contributed by atoms with Crippen LogP contribution in [0.25, 0.3) is 44.8 Å². The first-order valence-corrected chi connectivity index (χ1v) is 40.5. The van der Waals surface area contributed by atoms with Crippen molar-refractivity contribution in [1.82, 2.24) is 44.1 Å². The van der Waals surface area contributed by atoms with Gasteiger partial charge >= 0.3 is 0 Å². The summed E-state index contributed by atoms with van der Waals surface area (Å²) in [6, 6.07) is 45.5. The van der Waals surface area contributed by atoms with Gasteiger partial charge in [0.2, 0.25) is 29.5 Å². The van der Waals surface area contributed by atoms with Gasteiger partial charge in [-0.2, -0.15) is 10.2 Å². The number of aromatic nitrogens is 4. The van der Waals surface area contributed by atoms with Crippen LogP contribution in [0.1, 0.15) is 146 Å². The van der Waals surface area contributed by atoms with Crippen molar-refractivity contribution < 1.29 is 24.0 Å². The Kier molecular flexibility index (Phi) is 26.1. The summed E-state index contributed by atoms with van der Waals surface area (Å²) >= 11 is 4.78. The second kappa shape index (κ2) is 36.1. The van der Waals surface area contributed by atoms with Crippen molar-refractivity contribution in [3.8, 4) is 105 Å². The fourth-order valence-electron chi connectivity index (χ4n) is 13.7. The lowest BCUT2D eigenvalue weighted by Gasteiger charge is -2.33. The maximum absolute atomic E-state index is 12.3. The minimum Gasteiger partial charge on any atom is -0.369 e. The predicted octanol–water partition coefficient (Wildman–Crippen LogP) is 12.4. The van der Waals surface area contributed by atoms with E-state index in [2.05, 4.69) is 129 Å². The molecule has 15 rings (SSSR count). The van der Waals surface area contributed by atoms with E-state index < -0.39 is 22.2 Å². The highest BCUT2D eigenvalue weighted by molar-refractivity contribution is 7.11. The maximum atomic E-state index is 12.3. The molecule has 0 unspecified atom stereocenters. The molecule has 5 aliphatic heterocycles. The molecule has 604 valence electrons. The van der Waals surface area contributed by atoms with Gasteiger partial charge in [-0.25, -0.2) is 34.3 Å². The number of aliphatic imine (C=N–C) groups is 5. The van der Waals surface area contributed by atoms with Gasteiger partial charge in [-0.05, 0) is 196 Å². The Morgan fingerprint density at radius 2 is 0.815 bits per heavy atom. The SMILES string of the molecule is C#Cc1cccc(-c2csc([C@]3(C)CC(=O)N(C)C(N)=N3)c2)c1.C#Cc1cccc(-c2csc([C@]3(C)CC(=O)N(C)C(N)=N3)c2)c1.CC#Cc1cccc(-c2csc([C@H]3N=C(N)N(C)C(=O)[C@@H]3C)c2)c1.CC#Cc1cccc(-n2cc([C@]3(C)CC(=O)N(C)C(N)=N3)c(C)n2)c1.CC#Cc1cccc(-n2cc([C@]3(C)CC(=O)N(C)C(N)=N3)cn2)c1.